The summed E-state index contributed by atoms with van der Waals surface area (Å²) in [5, 5.41) is 0. The molecule has 2 aliphatic heterocycles. The van der Waals surface area contributed by atoms with Gasteiger partial charge in [0.15, 0.2) is 0 Å². The summed E-state index contributed by atoms with van der Waals surface area (Å²) in [4.78, 5) is 32.3. The minimum Gasteiger partial charge on any atom is -0.384 e. The summed E-state index contributed by atoms with van der Waals surface area (Å²) in [5.41, 5.74) is 9.27. The Labute approximate surface area is 162 Å². The van der Waals surface area contributed by atoms with E-state index in [0.29, 0.717) is 17.4 Å². The molecule has 0 radical (unpaired) electrons. The molecule has 5 rings (SSSR count). The summed E-state index contributed by atoms with van der Waals surface area (Å²) >= 11 is 0. The second-order valence-corrected chi connectivity index (χ2v) is 7.65. The van der Waals surface area contributed by atoms with Crippen LogP contribution in [0.4, 0.5) is 11.8 Å². The third-order valence-electron chi connectivity index (χ3n) is 5.61. The van der Waals surface area contributed by atoms with Crippen LogP contribution in [0.2, 0.25) is 0 Å². The fourth-order valence-electron chi connectivity index (χ4n) is 4.39. The van der Waals surface area contributed by atoms with Crippen LogP contribution in [0, 0.1) is 12.8 Å². The van der Waals surface area contributed by atoms with Crippen LogP contribution in [0.5, 0.6) is 0 Å². The summed E-state index contributed by atoms with van der Waals surface area (Å²) in [7, 11) is 0. The van der Waals surface area contributed by atoms with E-state index in [1.54, 1.807) is 18.3 Å². The van der Waals surface area contributed by atoms with E-state index >= 15 is 0 Å². The zero-order chi connectivity index (χ0) is 19.3. The first-order chi connectivity index (χ1) is 13.6. The molecule has 0 aliphatic carbocycles. The van der Waals surface area contributed by atoms with Crippen molar-refractivity contribution in [3.63, 3.8) is 0 Å². The topological polar surface area (TPSA) is 103 Å². The number of piperidine rings is 1. The first-order valence-corrected chi connectivity index (χ1v) is 9.44. The normalized spacial score (nSPS) is 20.7. The van der Waals surface area contributed by atoms with Crippen LogP contribution in [0.1, 0.15) is 23.7 Å². The van der Waals surface area contributed by atoms with Crippen molar-refractivity contribution in [2.24, 2.45) is 5.92 Å². The van der Waals surface area contributed by atoms with Crippen LogP contribution >= 0.6 is 0 Å². The van der Waals surface area contributed by atoms with E-state index in [2.05, 4.69) is 30.9 Å². The molecule has 0 saturated carbocycles. The van der Waals surface area contributed by atoms with Crippen LogP contribution in [-0.2, 0) is 6.54 Å². The van der Waals surface area contributed by atoms with E-state index in [0.717, 1.165) is 49.0 Å². The van der Waals surface area contributed by atoms with Crippen molar-refractivity contribution < 1.29 is 0 Å². The number of aromatic nitrogens is 5. The Bertz CT molecular complexity index is 1110. The quantitative estimate of drug-likeness (QED) is 0.726. The Kier molecular flexibility index (Phi) is 3.85. The summed E-state index contributed by atoms with van der Waals surface area (Å²) in [6, 6.07) is 7.33. The van der Waals surface area contributed by atoms with Gasteiger partial charge in [0.25, 0.3) is 5.56 Å². The Morgan fingerprint density at radius 2 is 2.00 bits per heavy atom. The monoisotopic (exact) mass is 375 g/mol. The molecule has 3 aromatic rings. The standard InChI is InChI=1S/C20H21N7O/c1-12-2-3-22-20(25-12)26-8-13-4-15(10-26)17-5-14(6-19(28)27(17)9-13)16-7-18(21)24-11-23-16/h2-3,5-7,11,13,15H,4,8-10H2,1H3,(H2,21,23,24)/t13-,15+/m0/s1. The minimum atomic E-state index is 0.0136. The van der Waals surface area contributed by atoms with Crippen molar-refractivity contribution in [3.8, 4) is 11.3 Å². The van der Waals surface area contributed by atoms with Crippen molar-refractivity contribution >= 4 is 11.8 Å². The number of nitrogen functional groups attached to an aromatic ring is 1. The number of rotatable bonds is 2. The number of fused-ring (bicyclic) bond motifs is 4. The van der Waals surface area contributed by atoms with Crippen molar-refractivity contribution in [2.45, 2.75) is 25.8 Å². The molecule has 2 atom stereocenters. The van der Waals surface area contributed by atoms with Crippen molar-refractivity contribution in [3.05, 3.63) is 58.5 Å². The van der Waals surface area contributed by atoms with Gasteiger partial charge in [0, 0.05) is 60.8 Å². The van der Waals surface area contributed by atoms with Crippen LogP contribution in [-0.4, -0.2) is 37.6 Å². The van der Waals surface area contributed by atoms with Gasteiger partial charge in [0.05, 0.1) is 5.69 Å². The molecule has 0 aromatic carbocycles. The van der Waals surface area contributed by atoms with Crippen LogP contribution in [0.25, 0.3) is 11.3 Å². The lowest BCUT2D eigenvalue weighted by Gasteiger charge is -2.42. The van der Waals surface area contributed by atoms with Gasteiger partial charge in [-0.1, -0.05) is 0 Å². The number of pyridine rings is 1. The molecule has 0 amide bonds. The van der Waals surface area contributed by atoms with Crippen molar-refractivity contribution in [1.82, 2.24) is 24.5 Å². The first-order valence-electron chi connectivity index (χ1n) is 9.44. The Hall–Kier alpha value is -3.29. The molecule has 1 fully saturated rings. The van der Waals surface area contributed by atoms with Crippen LogP contribution < -0.4 is 16.2 Å². The lowest BCUT2D eigenvalue weighted by molar-refractivity contribution is 0.280. The maximum absolute atomic E-state index is 12.8. The van der Waals surface area contributed by atoms with E-state index in [4.69, 9.17) is 5.73 Å². The van der Waals surface area contributed by atoms with Crippen molar-refractivity contribution in [2.75, 3.05) is 23.7 Å². The predicted octanol–water partition coefficient (Wildman–Crippen LogP) is 1.61. The highest BCUT2D eigenvalue weighted by Crippen LogP contribution is 2.37. The number of hydrogen-bond acceptors (Lipinski definition) is 7. The molecule has 8 nitrogen and oxygen atoms in total. The molecule has 8 heteroatoms. The van der Waals surface area contributed by atoms with Gasteiger partial charge in [-0.2, -0.15) is 0 Å². The highest BCUT2D eigenvalue weighted by atomic mass is 16.1. The van der Waals surface area contributed by atoms with Gasteiger partial charge >= 0.3 is 0 Å². The second kappa shape index (κ2) is 6.40. The first kappa shape index (κ1) is 16.9. The van der Waals surface area contributed by atoms with Gasteiger partial charge in [-0.3, -0.25) is 4.79 Å². The van der Waals surface area contributed by atoms with E-state index in [-0.39, 0.29) is 11.5 Å². The number of anilines is 2. The second-order valence-electron chi connectivity index (χ2n) is 7.65. The molecule has 0 unspecified atom stereocenters. The molecular weight excluding hydrogens is 354 g/mol. The molecule has 0 spiro atoms. The summed E-state index contributed by atoms with van der Waals surface area (Å²) in [6.07, 6.45) is 4.30. The zero-order valence-corrected chi connectivity index (χ0v) is 15.6. The van der Waals surface area contributed by atoms with Crippen LogP contribution in [0.15, 0.2) is 41.6 Å². The molecular formula is C20H21N7O. The van der Waals surface area contributed by atoms with Gasteiger partial charge in [-0.15, -0.1) is 0 Å². The fraction of sp³-hybridized carbons (Fsp3) is 0.350. The van der Waals surface area contributed by atoms with Gasteiger partial charge in [-0.25, -0.2) is 19.9 Å². The van der Waals surface area contributed by atoms with E-state index in [1.807, 2.05) is 17.6 Å². The molecule has 142 valence electrons. The Balaban J connectivity index is 1.54. The highest BCUT2D eigenvalue weighted by Gasteiger charge is 2.35. The van der Waals surface area contributed by atoms with Gasteiger partial charge in [-0.05, 0) is 31.4 Å². The van der Waals surface area contributed by atoms with Gasteiger partial charge in [0.1, 0.15) is 12.1 Å². The summed E-state index contributed by atoms with van der Waals surface area (Å²) in [5.74, 6) is 1.82. The number of nitrogens with zero attached hydrogens (tertiary/aromatic N) is 6. The fourth-order valence-corrected chi connectivity index (χ4v) is 4.39. The average molecular weight is 375 g/mol. The molecule has 5 heterocycles. The predicted molar refractivity (Wildman–Crippen MR) is 106 cm³/mol. The zero-order valence-electron chi connectivity index (χ0n) is 15.6. The highest BCUT2D eigenvalue weighted by molar-refractivity contribution is 5.62. The minimum absolute atomic E-state index is 0.0136. The molecule has 2 N–H and O–H groups in total. The SMILES string of the molecule is Cc1ccnc(N2C[C@@H]3C[C@H](C2)c2cc(-c4cc(N)ncn4)cc(=O)n2C3)n1. The van der Waals surface area contributed by atoms with E-state index in [9.17, 15) is 4.79 Å². The van der Waals surface area contributed by atoms with Gasteiger partial charge < -0.3 is 15.2 Å². The molecule has 1 saturated heterocycles. The molecule has 3 aromatic heterocycles. The molecule has 2 aliphatic rings. The Morgan fingerprint density at radius 3 is 2.82 bits per heavy atom. The summed E-state index contributed by atoms with van der Waals surface area (Å²) < 4.78 is 1.92. The van der Waals surface area contributed by atoms with Crippen molar-refractivity contribution in [1.29, 1.82) is 0 Å². The number of nitrogens with two attached hydrogens (primary N) is 1. The van der Waals surface area contributed by atoms with Crippen LogP contribution in [0.3, 0.4) is 0 Å². The molecule has 28 heavy (non-hydrogen) atoms. The smallest absolute Gasteiger partial charge is 0.251 e. The summed E-state index contributed by atoms with van der Waals surface area (Å²) in [6.45, 7) is 4.37. The third-order valence-corrected chi connectivity index (χ3v) is 5.61. The average Bonchev–Trinajstić information content (AvgIpc) is 2.68. The lowest BCUT2D eigenvalue weighted by Crippen LogP contribution is -2.47. The Morgan fingerprint density at radius 1 is 1.11 bits per heavy atom. The van der Waals surface area contributed by atoms with E-state index < -0.39 is 0 Å². The number of aryl methyl sites for hydroxylation is 1. The number of hydrogen-bond donors (Lipinski definition) is 1. The maximum Gasteiger partial charge on any atom is 0.251 e. The third kappa shape index (κ3) is 2.90. The molecule has 2 bridgehead atoms. The van der Waals surface area contributed by atoms with Gasteiger partial charge in [0.2, 0.25) is 5.95 Å². The largest absolute Gasteiger partial charge is 0.384 e. The maximum atomic E-state index is 12.8. The lowest BCUT2D eigenvalue weighted by atomic mass is 9.82. The van der Waals surface area contributed by atoms with E-state index in [1.165, 1.54) is 6.33 Å².